The maximum absolute atomic E-state index is 13.9. The van der Waals surface area contributed by atoms with Crippen LogP contribution in [0.4, 0.5) is 21.5 Å². The maximum atomic E-state index is 13.9. The molecular weight excluding hydrogens is 778 g/mol. The summed E-state index contributed by atoms with van der Waals surface area (Å²) in [5, 5.41) is 15.9. The van der Waals surface area contributed by atoms with Crippen LogP contribution in [0.1, 0.15) is 62.7 Å². The molecule has 4 heterocycles. The number of pyridine rings is 1. The summed E-state index contributed by atoms with van der Waals surface area (Å²) in [6.07, 6.45) is 8.19. The molecule has 3 N–H and O–H groups in total. The zero-order valence-electron chi connectivity index (χ0n) is 33.6. The van der Waals surface area contributed by atoms with Gasteiger partial charge in [-0.3, -0.25) is 24.2 Å². The number of fused-ring (bicyclic) bond motifs is 1. The summed E-state index contributed by atoms with van der Waals surface area (Å²) in [6, 6.07) is 12.1. The third-order valence-corrected chi connectivity index (χ3v) is 12.9. The van der Waals surface area contributed by atoms with Gasteiger partial charge in [0.25, 0.3) is 21.6 Å². The minimum atomic E-state index is -4.56. The number of alkyl halides is 1. The van der Waals surface area contributed by atoms with E-state index in [0.29, 0.717) is 50.7 Å². The lowest BCUT2D eigenvalue weighted by Gasteiger charge is -2.39. The van der Waals surface area contributed by atoms with Crippen molar-refractivity contribution in [2.24, 2.45) is 11.3 Å². The van der Waals surface area contributed by atoms with Gasteiger partial charge in [-0.25, -0.2) is 18.1 Å². The number of nitrogens with zero attached hydrogens (tertiary/aromatic N) is 4. The summed E-state index contributed by atoms with van der Waals surface area (Å²) in [5.41, 5.74) is 4.77. The first kappa shape index (κ1) is 41.8. The Morgan fingerprint density at radius 1 is 1.12 bits per heavy atom. The largest absolute Gasteiger partial charge is 0.455 e. The second kappa shape index (κ2) is 17.9. The van der Waals surface area contributed by atoms with Crippen LogP contribution in [0.15, 0.2) is 89.1 Å². The van der Waals surface area contributed by atoms with Gasteiger partial charge in [-0.15, -0.1) is 0 Å². The number of aromatic nitrogens is 2. The predicted molar refractivity (Wildman–Crippen MR) is 225 cm³/mol. The van der Waals surface area contributed by atoms with Crippen molar-refractivity contribution >= 4 is 44.0 Å². The third-order valence-electron chi connectivity index (χ3n) is 11.6. The van der Waals surface area contributed by atoms with Crippen molar-refractivity contribution in [1.82, 2.24) is 19.6 Å². The number of ether oxygens (including phenoxy) is 2. The minimum Gasteiger partial charge on any atom is -0.455 e. The molecule has 16 heteroatoms. The van der Waals surface area contributed by atoms with Gasteiger partial charge in [-0.2, -0.15) is 0 Å². The summed E-state index contributed by atoms with van der Waals surface area (Å²) in [4.78, 5) is 36.9. The summed E-state index contributed by atoms with van der Waals surface area (Å²) in [5.74, 6) is -0.250. The smallest absolute Gasteiger partial charge is 0.293 e. The van der Waals surface area contributed by atoms with Crippen LogP contribution in [0, 0.1) is 21.4 Å². The Kier molecular flexibility index (Phi) is 12.7. The molecule has 7 rings (SSSR count). The molecular formula is C43H52FN7O7S. The number of halogens is 1. The number of H-pyrrole nitrogens is 1. The van der Waals surface area contributed by atoms with Crippen molar-refractivity contribution in [3.63, 3.8) is 0 Å². The average Bonchev–Trinajstić information content (AvgIpc) is 3.69. The second-order valence-electron chi connectivity index (χ2n) is 16.4. The van der Waals surface area contributed by atoms with Crippen LogP contribution in [0.25, 0.3) is 11.0 Å². The van der Waals surface area contributed by atoms with E-state index in [1.54, 1.807) is 24.4 Å². The number of nitrogens with one attached hydrogen (secondary N) is 3. The number of rotatable bonds is 15. The molecule has 2 aromatic heterocycles. The van der Waals surface area contributed by atoms with Gasteiger partial charge in [0.1, 0.15) is 22.8 Å². The van der Waals surface area contributed by atoms with Crippen LogP contribution in [0.3, 0.4) is 0 Å². The fraction of sp³-hybridized carbons (Fsp3) is 0.442. The van der Waals surface area contributed by atoms with Crippen LogP contribution in [0.2, 0.25) is 0 Å². The van der Waals surface area contributed by atoms with Gasteiger partial charge in [0.15, 0.2) is 0 Å². The normalized spacial score (nSPS) is 17.8. The maximum Gasteiger partial charge on any atom is 0.293 e. The SMILES string of the molecule is C=C(CCF)C1=C(CN2CCN(c3ccc(C(=O)NS(=O)(=O)c4ccc(NCC5CCOCC5)c([N+](=O)[O-])c4)c(Oc4cnc5[nH]ccc5c4)c3)CC2)CCC(C)(C)C1. The third kappa shape index (κ3) is 10.1. The first-order valence-corrected chi connectivity index (χ1v) is 21.6. The van der Waals surface area contributed by atoms with Gasteiger partial charge in [-0.05, 0) is 91.0 Å². The highest BCUT2D eigenvalue weighted by molar-refractivity contribution is 7.90. The van der Waals surface area contributed by atoms with Gasteiger partial charge in [0.05, 0.1) is 28.3 Å². The zero-order chi connectivity index (χ0) is 41.7. The number of nitro benzene ring substituents is 1. The number of sulfonamides is 1. The van der Waals surface area contributed by atoms with Crippen LogP contribution in [-0.4, -0.2) is 93.3 Å². The molecule has 1 aliphatic carbocycles. The van der Waals surface area contributed by atoms with Gasteiger partial charge in [0, 0.05) is 88.3 Å². The first-order chi connectivity index (χ1) is 28.3. The molecule has 4 aromatic rings. The van der Waals surface area contributed by atoms with Crippen molar-refractivity contribution in [1.29, 1.82) is 0 Å². The van der Waals surface area contributed by atoms with E-state index in [0.717, 1.165) is 74.5 Å². The molecule has 0 saturated carbocycles. The number of allylic oxidation sites excluding steroid dienone is 2. The second-order valence-corrected chi connectivity index (χ2v) is 18.1. The molecule has 0 spiro atoms. The van der Waals surface area contributed by atoms with Crippen molar-refractivity contribution in [2.45, 2.75) is 57.3 Å². The number of nitro groups is 1. The van der Waals surface area contributed by atoms with Crippen LogP contribution in [0.5, 0.6) is 11.5 Å². The average molecular weight is 830 g/mol. The lowest BCUT2D eigenvalue weighted by molar-refractivity contribution is -0.384. The van der Waals surface area contributed by atoms with Gasteiger partial charge >= 0.3 is 0 Å². The molecule has 2 saturated heterocycles. The Balaban J connectivity index is 1.09. The standard InChI is InChI=1S/C43H52FN7O7S/c1-29(9-14-44)37-25-43(2,3)13-8-32(37)28-49-16-18-50(19-17-49)33-4-6-36(40(23-33)58-34-22-31-10-15-45-41(31)47-27-34)42(52)48-59(55,56)35-5-7-38(39(24-35)51(53)54)46-26-30-11-20-57-21-12-30/h4-7,10,15,22-24,27,30,46H,1,8-9,11-14,16-21,25-26,28H2,2-3H3,(H,45,47)(H,48,52). The Labute approximate surface area is 344 Å². The Morgan fingerprint density at radius 2 is 1.90 bits per heavy atom. The molecule has 2 aliphatic heterocycles. The van der Waals surface area contributed by atoms with Crippen molar-refractivity contribution in [3.8, 4) is 11.5 Å². The molecule has 0 atom stereocenters. The summed E-state index contributed by atoms with van der Waals surface area (Å²) in [6.45, 7) is 13.8. The van der Waals surface area contributed by atoms with E-state index in [-0.39, 0.29) is 28.3 Å². The highest BCUT2D eigenvalue weighted by Gasteiger charge is 2.31. The molecule has 59 heavy (non-hydrogen) atoms. The van der Waals surface area contributed by atoms with E-state index in [1.807, 2.05) is 6.07 Å². The predicted octanol–water partition coefficient (Wildman–Crippen LogP) is 7.77. The first-order valence-electron chi connectivity index (χ1n) is 20.1. The number of amides is 1. The fourth-order valence-electron chi connectivity index (χ4n) is 8.08. The number of anilines is 2. The quantitative estimate of drug-likeness (QED) is 0.0790. The molecule has 0 unspecified atom stereocenters. The Bertz CT molecular complexity index is 2350. The van der Waals surface area contributed by atoms with E-state index >= 15 is 0 Å². The molecule has 0 bridgehead atoms. The number of carbonyl (C=O) groups excluding carboxylic acids is 1. The van der Waals surface area contributed by atoms with Gasteiger partial charge in [0.2, 0.25) is 0 Å². The lowest BCUT2D eigenvalue weighted by Crippen LogP contribution is -2.47. The van der Waals surface area contributed by atoms with E-state index in [4.69, 9.17) is 9.47 Å². The Hall–Kier alpha value is -5.32. The van der Waals surface area contributed by atoms with E-state index in [1.165, 1.54) is 35.5 Å². The number of hydrogen-bond acceptors (Lipinski definition) is 11. The summed E-state index contributed by atoms with van der Waals surface area (Å²) in [7, 11) is -4.56. The van der Waals surface area contributed by atoms with Gasteiger partial charge in [-0.1, -0.05) is 26.0 Å². The number of carbonyl (C=O) groups is 1. The summed E-state index contributed by atoms with van der Waals surface area (Å²) < 4.78 is 54.3. The molecule has 14 nitrogen and oxygen atoms in total. The fourth-order valence-corrected chi connectivity index (χ4v) is 9.07. The Morgan fingerprint density at radius 3 is 2.64 bits per heavy atom. The molecule has 2 aromatic carbocycles. The topological polar surface area (TPSA) is 172 Å². The van der Waals surface area contributed by atoms with E-state index in [2.05, 4.69) is 50.2 Å². The van der Waals surface area contributed by atoms with Gasteiger partial charge < -0.3 is 24.7 Å². The molecule has 3 aliphatic rings. The molecule has 1 amide bonds. The van der Waals surface area contributed by atoms with Crippen molar-refractivity contribution in [3.05, 3.63) is 99.9 Å². The van der Waals surface area contributed by atoms with Crippen LogP contribution in [-0.2, 0) is 14.8 Å². The van der Waals surface area contributed by atoms with E-state index < -0.39 is 38.1 Å². The minimum absolute atomic E-state index is 0.0532. The van der Waals surface area contributed by atoms with Crippen LogP contribution >= 0.6 is 0 Å². The molecule has 314 valence electrons. The highest BCUT2D eigenvalue weighted by atomic mass is 32.2. The monoisotopic (exact) mass is 829 g/mol. The lowest BCUT2D eigenvalue weighted by atomic mass is 9.72. The highest BCUT2D eigenvalue weighted by Crippen LogP contribution is 2.42. The number of hydrogen-bond donors (Lipinski definition) is 3. The zero-order valence-corrected chi connectivity index (χ0v) is 34.4. The summed E-state index contributed by atoms with van der Waals surface area (Å²) >= 11 is 0. The van der Waals surface area contributed by atoms with E-state index in [9.17, 15) is 27.7 Å². The number of piperazine rings is 1. The van der Waals surface area contributed by atoms with Crippen LogP contribution < -0.4 is 19.7 Å². The van der Waals surface area contributed by atoms with Crippen molar-refractivity contribution < 1.29 is 32.0 Å². The van der Waals surface area contributed by atoms with Crippen molar-refractivity contribution in [2.75, 3.05) is 69.4 Å². The molecule has 2 fully saturated rings. The number of aromatic amines is 1. The number of benzene rings is 2. The molecule has 0 radical (unpaired) electrons.